The predicted molar refractivity (Wildman–Crippen MR) is 104 cm³/mol. The molecule has 0 fully saturated rings. The third kappa shape index (κ3) is 5.62. The quantitative estimate of drug-likeness (QED) is 0.754. The molecule has 1 heterocycles. The van der Waals surface area contributed by atoms with Crippen molar-refractivity contribution in [1.29, 1.82) is 0 Å². The molecule has 1 aromatic heterocycles. The molecule has 0 amide bonds. The third-order valence-corrected chi connectivity index (χ3v) is 4.35. The summed E-state index contributed by atoms with van der Waals surface area (Å²) in [4.78, 5) is 2.44. The highest BCUT2D eigenvalue weighted by atomic mass is 35.5. The SMILES string of the molecule is CCCn1nc(C)c(CN(CCN)CCc2ccccc2)c1C.Cl. The largest absolute Gasteiger partial charge is 0.329 e. The van der Waals surface area contributed by atoms with Gasteiger partial charge in [-0.15, -0.1) is 12.4 Å². The maximum atomic E-state index is 5.82. The van der Waals surface area contributed by atoms with Crippen LogP contribution in [-0.4, -0.2) is 34.3 Å². The molecule has 0 bridgehead atoms. The van der Waals surface area contributed by atoms with Crippen molar-refractivity contribution < 1.29 is 0 Å². The number of nitrogens with zero attached hydrogens (tertiary/aromatic N) is 3. The fraction of sp³-hybridized carbons (Fsp3) is 0.526. The number of halogens is 1. The molecule has 0 saturated carbocycles. The summed E-state index contributed by atoms with van der Waals surface area (Å²) in [5.74, 6) is 0. The first-order valence-corrected chi connectivity index (χ1v) is 8.65. The van der Waals surface area contributed by atoms with Gasteiger partial charge in [-0.25, -0.2) is 0 Å². The van der Waals surface area contributed by atoms with Gasteiger partial charge in [-0.05, 0) is 32.3 Å². The third-order valence-electron chi connectivity index (χ3n) is 4.35. The highest BCUT2D eigenvalue weighted by molar-refractivity contribution is 5.85. The van der Waals surface area contributed by atoms with Crippen LogP contribution < -0.4 is 5.73 Å². The zero-order chi connectivity index (χ0) is 16.7. The zero-order valence-electron chi connectivity index (χ0n) is 15.2. The van der Waals surface area contributed by atoms with Crippen LogP contribution in [0.25, 0.3) is 0 Å². The molecule has 0 aliphatic rings. The summed E-state index contributed by atoms with van der Waals surface area (Å²) in [7, 11) is 0. The minimum Gasteiger partial charge on any atom is -0.329 e. The molecule has 4 nitrogen and oxygen atoms in total. The van der Waals surface area contributed by atoms with Gasteiger partial charge >= 0.3 is 0 Å². The lowest BCUT2D eigenvalue weighted by atomic mass is 10.1. The standard InChI is InChI=1S/C19H30N4.ClH/c1-4-12-23-17(3)19(16(2)21-23)15-22(14-11-20)13-10-18-8-6-5-7-9-18;/h5-9H,4,10-15,20H2,1-3H3;1H. The molecule has 0 atom stereocenters. The highest BCUT2D eigenvalue weighted by Crippen LogP contribution is 2.16. The van der Waals surface area contributed by atoms with Crippen LogP contribution in [0.5, 0.6) is 0 Å². The number of hydrogen-bond donors (Lipinski definition) is 1. The number of aromatic nitrogens is 2. The Balaban J connectivity index is 0.00000288. The normalized spacial score (nSPS) is 10.9. The van der Waals surface area contributed by atoms with Crippen LogP contribution in [0.3, 0.4) is 0 Å². The number of aryl methyl sites for hydroxylation is 2. The number of rotatable bonds is 9. The van der Waals surface area contributed by atoms with Gasteiger partial charge < -0.3 is 5.73 Å². The first-order valence-electron chi connectivity index (χ1n) is 8.65. The molecule has 5 heteroatoms. The molecule has 0 saturated heterocycles. The Morgan fingerprint density at radius 1 is 1.12 bits per heavy atom. The molecule has 0 radical (unpaired) electrons. The molecule has 2 aromatic rings. The van der Waals surface area contributed by atoms with Gasteiger partial charge in [-0.3, -0.25) is 9.58 Å². The predicted octanol–water partition coefficient (Wildman–Crippen LogP) is 3.34. The van der Waals surface area contributed by atoms with E-state index in [1.54, 1.807) is 0 Å². The second-order valence-electron chi connectivity index (χ2n) is 6.17. The lowest BCUT2D eigenvalue weighted by Crippen LogP contribution is -2.31. The van der Waals surface area contributed by atoms with E-state index >= 15 is 0 Å². The van der Waals surface area contributed by atoms with Gasteiger partial charge in [0, 0.05) is 44.0 Å². The molecule has 1 aromatic carbocycles. The van der Waals surface area contributed by atoms with Crippen molar-refractivity contribution in [2.75, 3.05) is 19.6 Å². The highest BCUT2D eigenvalue weighted by Gasteiger charge is 2.14. The molecule has 0 aliphatic carbocycles. The summed E-state index contributed by atoms with van der Waals surface area (Å²) in [5.41, 5.74) is 11.0. The van der Waals surface area contributed by atoms with E-state index < -0.39 is 0 Å². The fourth-order valence-corrected chi connectivity index (χ4v) is 3.00. The monoisotopic (exact) mass is 350 g/mol. The van der Waals surface area contributed by atoms with Crippen LogP contribution in [0.1, 0.15) is 35.9 Å². The Morgan fingerprint density at radius 3 is 2.46 bits per heavy atom. The number of benzene rings is 1. The summed E-state index contributed by atoms with van der Waals surface area (Å²) < 4.78 is 2.14. The molecule has 0 spiro atoms. The Labute approximate surface area is 152 Å². The Morgan fingerprint density at radius 2 is 1.83 bits per heavy atom. The van der Waals surface area contributed by atoms with Crippen molar-refractivity contribution in [3.05, 3.63) is 52.8 Å². The van der Waals surface area contributed by atoms with Gasteiger partial charge in [-0.2, -0.15) is 5.10 Å². The van der Waals surface area contributed by atoms with Gasteiger partial charge in [0.2, 0.25) is 0 Å². The molecular formula is C19H31ClN4. The first kappa shape index (κ1) is 20.7. The molecule has 0 unspecified atom stereocenters. The lowest BCUT2D eigenvalue weighted by Gasteiger charge is -2.22. The van der Waals surface area contributed by atoms with Crippen molar-refractivity contribution >= 4 is 12.4 Å². The molecule has 2 rings (SSSR count). The molecule has 24 heavy (non-hydrogen) atoms. The maximum absolute atomic E-state index is 5.82. The van der Waals surface area contributed by atoms with Crippen LogP contribution in [-0.2, 0) is 19.5 Å². The average Bonchev–Trinajstić information content (AvgIpc) is 2.82. The number of hydrogen-bond acceptors (Lipinski definition) is 3. The summed E-state index contributed by atoms with van der Waals surface area (Å²) >= 11 is 0. The van der Waals surface area contributed by atoms with Crippen LogP contribution in [0, 0.1) is 13.8 Å². The minimum atomic E-state index is 0. The van der Waals surface area contributed by atoms with E-state index in [9.17, 15) is 0 Å². The molecule has 2 N–H and O–H groups in total. The Kier molecular flexibility index (Phi) is 9.04. The van der Waals surface area contributed by atoms with Crippen LogP contribution >= 0.6 is 12.4 Å². The molecule has 0 aliphatic heterocycles. The summed E-state index contributed by atoms with van der Waals surface area (Å²) in [6.07, 6.45) is 2.17. The zero-order valence-corrected chi connectivity index (χ0v) is 16.0. The van der Waals surface area contributed by atoms with E-state index in [-0.39, 0.29) is 12.4 Å². The van der Waals surface area contributed by atoms with E-state index in [1.807, 2.05) is 0 Å². The van der Waals surface area contributed by atoms with E-state index in [1.165, 1.54) is 16.8 Å². The molecule has 134 valence electrons. The van der Waals surface area contributed by atoms with Crippen molar-refractivity contribution in [1.82, 2.24) is 14.7 Å². The van der Waals surface area contributed by atoms with E-state index in [0.717, 1.165) is 44.7 Å². The summed E-state index contributed by atoms with van der Waals surface area (Å²) in [6.45, 7) is 11.1. The van der Waals surface area contributed by atoms with Crippen molar-refractivity contribution in [2.45, 2.75) is 46.7 Å². The van der Waals surface area contributed by atoms with Gasteiger partial charge in [0.05, 0.1) is 5.69 Å². The Bertz CT molecular complexity index is 595. The van der Waals surface area contributed by atoms with E-state index in [4.69, 9.17) is 10.8 Å². The van der Waals surface area contributed by atoms with Gasteiger partial charge in [0.25, 0.3) is 0 Å². The van der Waals surface area contributed by atoms with Crippen LogP contribution in [0.15, 0.2) is 30.3 Å². The maximum Gasteiger partial charge on any atom is 0.0641 e. The van der Waals surface area contributed by atoms with E-state index in [2.05, 4.69) is 60.7 Å². The molecular weight excluding hydrogens is 320 g/mol. The van der Waals surface area contributed by atoms with Gasteiger partial charge in [-0.1, -0.05) is 37.3 Å². The second-order valence-corrected chi connectivity index (χ2v) is 6.17. The average molecular weight is 351 g/mol. The topological polar surface area (TPSA) is 47.1 Å². The fourth-order valence-electron chi connectivity index (χ4n) is 3.00. The van der Waals surface area contributed by atoms with Gasteiger partial charge in [0.15, 0.2) is 0 Å². The summed E-state index contributed by atoms with van der Waals surface area (Å²) in [5, 5.41) is 4.69. The summed E-state index contributed by atoms with van der Waals surface area (Å²) in [6, 6.07) is 10.7. The van der Waals surface area contributed by atoms with Gasteiger partial charge in [0.1, 0.15) is 0 Å². The lowest BCUT2D eigenvalue weighted by molar-refractivity contribution is 0.275. The smallest absolute Gasteiger partial charge is 0.0641 e. The second kappa shape index (κ2) is 10.5. The van der Waals surface area contributed by atoms with Crippen LogP contribution in [0.4, 0.5) is 0 Å². The Hall–Kier alpha value is -1.36. The van der Waals surface area contributed by atoms with Crippen molar-refractivity contribution in [3.63, 3.8) is 0 Å². The number of nitrogens with two attached hydrogens (primary N) is 1. The van der Waals surface area contributed by atoms with Crippen LogP contribution in [0.2, 0.25) is 0 Å². The van der Waals surface area contributed by atoms with Crippen molar-refractivity contribution in [3.8, 4) is 0 Å². The minimum absolute atomic E-state index is 0. The van der Waals surface area contributed by atoms with E-state index in [0.29, 0.717) is 6.54 Å². The first-order chi connectivity index (χ1) is 11.2. The van der Waals surface area contributed by atoms with Crippen molar-refractivity contribution in [2.24, 2.45) is 5.73 Å².